The summed E-state index contributed by atoms with van der Waals surface area (Å²) < 4.78 is 10.6. The Kier molecular flexibility index (Phi) is 3.00. The van der Waals surface area contributed by atoms with Crippen LogP contribution in [0.2, 0.25) is 5.02 Å². The van der Waals surface area contributed by atoms with Crippen molar-refractivity contribution in [3.63, 3.8) is 0 Å². The summed E-state index contributed by atoms with van der Waals surface area (Å²) in [6.45, 7) is 4.28. The van der Waals surface area contributed by atoms with Crippen molar-refractivity contribution in [2.24, 2.45) is 5.73 Å². The summed E-state index contributed by atoms with van der Waals surface area (Å²) in [4.78, 5) is 0. The summed E-state index contributed by atoms with van der Waals surface area (Å²) in [6.07, 6.45) is 1.79. The average molecular weight is 242 g/mol. The van der Waals surface area contributed by atoms with Crippen molar-refractivity contribution in [1.82, 2.24) is 0 Å². The van der Waals surface area contributed by atoms with Crippen molar-refractivity contribution < 1.29 is 9.47 Å². The molecule has 0 spiro atoms. The van der Waals surface area contributed by atoms with Crippen LogP contribution in [0.1, 0.15) is 25.8 Å². The molecule has 0 atom stereocenters. The molecule has 3 nitrogen and oxygen atoms in total. The van der Waals surface area contributed by atoms with Crippen LogP contribution in [0.5, 0.6) is 11.5 Å². The first-order valence-electron chi connectivity index (χ1n) is 5.33. The molecule has 0 saturated carbocycles. The van der Waals surface area contributed by atoms with Gasteiger partial charge in [0.15, 0.2) is 11.5 Å². The van der Waals surface area contributed by atoms with E-state index in [9.17, 15) is 0 Å². The van der Waals surface area contributed by atoms with Gasteiger partial charge < -0.3 is 15.2 Å². The van der Waals surface area contributed by atoms with Crippen LogP contribution in [-0.2, 0) is 6.42 Å². The molecule has 16 heavy (non-hydrogen) atoms. The normalized spacial score (nSPS) is 14.2. The van der Waals surface area contributed by atoms with Gasteiger partial charge in [-0.1, -0.05) is 11.6 Å². The van der Waals surface area contributed by atoms with E-state index in [-0.39, 0.29) is 12.3 Å². The largest absolute Gasteiger partial charge is 0.454 e. The number of hydrogen-bond acceptors (Lipinski definition) is 3. The summed E-state index contributed by atoms with van der Waals surface area (Å²) in [5.74, 6) is 1.38. The van der Waals surface area contributed by atoms with Crippen LogP contribution in [0.3, 0.4) is 0 Å². The molecular weight excluding hydrogens is 226 g/mol. The van der Waals surface area contributed by atoms with Crippen LogP contribution in [0.15, 0.2) is 12.1 Å². The van der Waals surface area contributed by atoms with E-state index in [1.54, 1.807) is 0 Å². The van der Waals surface area contributed by atoms with Crippen LogP contribution < -0.4 is 15.2 Å². The Bertz CT molecular complexity index is 399. The maximum atomic E-state index is 6.09. The zero-order valence-corrected chi connectivity index (χ0v) is 10.3. The number of aryl methyl sites for hydroxylation is 1. The number of hydrogen-bond donors (Lipinski definition) is 1. The Hall–Kier alpha value is -0.930. The molecule has 1 aliphatic rings. The highest BCUT2D eigenvalue weighted by molar-refractivity contribution is 6.32. The molecule has 1 heterocycles. The molecule has 0 saturated heterocycles. The molecule has 0 aromatic heterocycles. The molecule has 0 bridgehead atoms. The first kappa shape index (κ1) is 11.6. The van der Waals surface area contributed by atoms with Gasteiger partial charge in [0.2, 0.25) is 6.79 Å². The summed E-state index contributed by atoms with van der Waals surface area (Å²) in [7, 11) is 0. The highest BCUT2D eigenvalue weighted by Crippen LogP contribution is 2.40. The zero-order valence-electron chi connectivity index (χ0n) is 9.55. The van der Waals surface area contributed by atoms with Crippen LogP contribution in [-0.4, -0.2) is 12.3 Å². The third-order valence-corrected chi connectivity index (χ3v) is 2.83. The Labute approximate surface area is 100 Å². The highest BCUT2D eigenvalue weighted by Gasteiger charge is 2.19. The summed E-state index contributed by atoms with van der Waals surface area (Å²) in [5.41, 5.74) is 6.91. The molecule has 4 heteroatoms. The lowest BCUT2D eigenvalue weighted by Gasteiger charge is -2.18. The minimum Gasteiger partial charge on any atom is -0.454 e. The predicted molar refractivity (Wildman–Crippen MR) is 64.2 cm³/mol. The second kappa shape index (κ2) is 4.15. The van der Waals surface area contributed by atoms with Gasteiger partial charge >= 0.3 is 0 Å². The quantitative estimate of drug-likeness (QED) is 0.885. The fourth-order valence-corrected chi connectivity index (χ4v) is 1.92. The lowest BCUT2D eigenvalue weighted by Crippen LogP contribution is -2.32. The Balaban J connectivity index is 2.14. The molecule has 0 aliphatic carbocycles. The molecule has 1 aromatic rings. The van der Waals surface area contributed by atoms with Gasteiger partial charge in [0, 0.05) is 5.54 Å². The maximum Gasteiger partial charge on any atom is 0.231 e. The van der Waals surface area contributed by atoms with Crippen LogP contribution in [0.25, 0.3) is 0 Å². The van der Waals surface area contributed by atoms with E-state index < -0.39 is 0 Å². The molecule has 88 valence electrons. The van der Waals surface area contributed by atoms with E-state index in [0.717, 1.165) is 24.2 Å². The first-order valence-corrected chi connectivity index (χ1v) is 5.70. The molecule has 2 N–H and O–H groups in total. The number of rotatable bonds is 3. The fourth-order valence-electron chi connectivity index (χ4n) is 1.63. The van der Waals surface area contributed by atoms with Crippen molar-refractivity contribution in [3.8, 4) is 11.5 Å². The van der Waals surface area contributed by atoms with Gasteiger partial charge in [0.25, 0.3) is 0 Å². The van der Waals surface area contributed by atoms with Crippen LogP contribution in [0.4, 0.5) is 0 Å². The van der Waals surface area contributed by atoms with Crippen molar-refractivity contribution in [2.45, 2.75) is 32.2 Å². The van der Waals surface area contributed by atoms with Crippen molar-refractivity contribution in [2.75, 3.05) is 6.79 Å². The van der Waals surface area contributed by atoms with Crippen molar-refractivity contribution >= 4 is 11.6 Å². The van der Waals surface area contributed by atoms with Gasteiger partial charge in [-0.25, -0.2) is 0 Å². The van der Waals surface area contributed by atoms with Gasteiger partial charge in [-0.2, -0.15) is 0 Å². The lowest BCUT2D eigenvalue weighted by molar-refractivity contribution is 0.174. The monoisotopic (exact) mass is 241 g/mol. The molecule has 2 rings (SSSR count). The van der Waals surface area contributed by atoms with Gasteiger partial charge in [-0.05, 0) is 44.4 Å². The number of benzene rings is 1. The Morgan fingerprint density at radius 1 is 1.38 bits per heavy atom. The number of halogens is 1. The molecule has 0 unspecified atom stereocenters. The fraction of sp³-hybridized carbons (Fsp3) is 0.500. The molecule has 1 aromatic carbocycles. The predicted octanol–water partition coefficient (Wildman–Crippen LogP) is 2.74. The number of ether oxygens (including phenoxy) is 2. The molecule has 0 amide bonds. The van der Waals surface area contributed by atoms with Gasteiger partial charge in [0.05, 0.1) is 5.02 Å². The van der Waals surface area contributed by atoms with E-state index >= 15 is 0 Å². The van der Waals surface area contributed by atoms with E-state index in [0.29, 0.717) is 10.8 Å². The SMILES string of the molecule is CC(C)(N)CCc1cc(Cl)c2c(c1)OCO2. The molecule has 1 aliphatic heterocycles. The third kappa shape index (κ3) is 2.60. The smallest absolute Gasteiger partial charge is 0.231 e. The van der Waals surface area contributed by atoms with Crippen LogP contribution >= 0.6 is 11.6 Å². The number of fused-ring (bicyclic) bond motifs is 1. The standard InChI is InChI=1S/C12H16ClNO2/c1-12(2,14)4-3-8-5-9(13)11-10(6-8)15-7-16-11/h5-6H,3-4,7,14H2,1-2H3. The second-order valence-corrected chi connectivity index (χ2v) is 5.21. The highest BCUT2D eigenvalue weighted by atomic mass is 35.5. The molecule has 0 radical (unpaired) electrons. The summed E-state index contributed by atoms with van der Waals surface area (Å²) in [5, 5.41) is 0.611. The third-order valence-electron chi connectivity index (χ3n) is 2.55. The van der Waals surface area contributed by atoms with Crippen LogP contribution in [0, 0.1) is 0 Å². The Morgan fingerprint density at radius 3 is 2.81 bits per heavy atom. The lowest BCUT2D eigenvalue weighted by atomic mass is 9.96. The minimum absolute atomic E-state index is 0.164. The second-order valence-electron chi connectivity index (χ2n) is 4.80. The molecule has 0 fully saturated rings. The topological polar surface area (TPSA) is 44.5 Å². The zero-order chi connectivity index (χ0) is 11.8. The van der Waals surface area contributed by atoms with E-state index in [1.807, 2.05) is 26.0 Å². The average Bonchev–Trinajstić information content (AvgIpc) is 2.62. The maximum absolute atomic E-state index is 6.09. The van der Waals surface area contributed by atoms with Crippen molar-refractivity contribution in [3.05, 3.63) is 22.7 Å². The van der Waals surface area contributed by atoms with Crippen molar-refractivity contribution in [1.29, 1.82) is 0 Å². The minimum atomic E-state index is -0.164. The van der Waals surface area contributed by atoms with E-state index in [2.05, 4.69) is 0 Å². The van der Waals surface area contributed by atoms with Gasteiger partial charge in [-0.15, -0.1) is 0 Å². The Morgan fingerprint density at radius 2 is 2.12 bits per heavy atom. The molecular formula is C12H16ClNO2. The van der Waals surface area contributed by atoms with Gasteiger partial charge in [0.1, 0.15) is 0 Å². The first-order chi connectivity index (χ1) is 7.46. The van der Waals surface area contributed by atoms with Gasteiger partial charge in [-0.3, -0.25) is 0 Å². The number of nitrogens with two attached hydrogens (primary N) is 1. The summed E-state index contributed by atoms with van der Waals surface area (Å²) >= 11 is 6.09. The van der Waals surface area contributed by atoms with E-state index in [1.165, 1.54) is 0 Å². The van der Waals surface area contributed by atoms with E-state index in [4.69, 9.17) is 26.8 Å². The summed E-state index contributed by atoms with van der Waals surface area (Å²) in [6, 6.07) is 3.89.